The third-order valence-corrected chi connectivity index (χ3v) is 8.01. The van der Waals surface area contributed by atoms with Gasteiger partial charge in [-0.25, -0.2) is 0 Å². The summed E-state index contributed by atoms with van der Waals surface area (Å²) in [6.07, 6.45) is 11.2. The van der Waals surface area contributed by atoms with Crippen LogP contribution in [0.15, 0.2) is 6.07 Å². The number of fused-ring (bicyclic) bond motifs is 1. The summed E-state index contributed by atoms with van der Waals surface area (Å²) in [7, 11) is 0. The normalized spacial score (nSPS) is 24.5. The lowest BCUT2D eigenvalue weighted by atomic mass is 9.84. The van der Waals surface area contributed by atoms with E-state index in [1.807, 2.05) is 0 Å². The first-order chi connectivity index (χ1) is 13.6. The zero-order valence-electron chi connectivity index (χ0n) is 16.7. The van der Waals surface area contributed by atoms with E-state index in [0.717, 1.165) is 43.4 Å². The van der Waals surface area contributed by atoms with Crippen LogP contribution in [0.1, 0.15) is 77.9 Å². The van der Waals surface area contributed by atoms with Crippen LogP contribution in [-0.4, -0.2) is 47.6 Å². The minimum absolute atomic E-state index is 0.0303. The molecular formula is C22H32N2O3S. The highest BCUT2D eigenvalue weighted by atomic mass is 32.1. The first-order valence-electron chi connectivity index (χ1n) is 10.9. The molecule has 28 heavy (non-hydrogen) atoms. The summed E-state index contributed by atoms with van der Waals surface area (Å²) < 4.78 is 0. The molecule has 6 heteroatoms. The molecule has 2 heterocycles. The van der Waals surface area contributed by atoms with Crippen LogP contribution in [0.25, 0.3) is 0 Å². The van der Waals surface area contributed by atoms with Crippen LogP contribution >= 0.6 is 11.3 Å². The third kappa shape index (κ3) is 4.13. The van der Waals surface area contributed by atoms with Crippen molar-refractivity contribution in [2.24, 2.45) is 5.41 Å². The summed E-state index contributed by atoms with van der Waals surface area (Å²) in [5.41, 5.74) is 0.874. The summed E-state index contributed by atoms with van der Waals surface area (Å²) in [5.74, 6) is 0.0950. The Bertz CT molecular complexity index is 698. The lowest BCUT2D eigenvalue weighted by Gasteiger charge is -2.32. The van der Waals surface area contributed by atoms with Crippen molar-refractivity contribution in [1.82, 2.24) is 10.2 Å². The largest absolute Gasteiger partial charge is 0.391 e. The van der Waals surface area contributed by atoms with Crippen molar-refractivity contribution in [2.45, 2.75) is 76.7 Å². The first-order valence-corrected chi connectivity index (χ1v) is 11.8. The smallest absolute Gasteiger partial charge is 0.261 e. The molecule has 5 nitrogen and oxygen atoms in total. The Kier molecular flexibility index (Phi) is 6.07. The average Bonchev–Trinajstić information content (AvgIpc) is 3.40. The SMILES string of the molecule is O=C(NCC1(C(=O)N2CCC(O)C2)CCCC1)c1cc2c(s1)CCCCCC2. The second-order valence-corrected chi connectivity index (χ2v) is 9.97. The number of aliphatic hydroxyl groups is 1. The van der Waals surface area contributed by atoms with Crippen LogP contribution < -0.4 is 5.32 Å². The van der Waals surface area contributed by atoms with Gasteiger partial charge >= 0.3 is 0 Å². The highest BCUT2D eigenvalue weighted by molar-refractivity contribution is 7.14. The highest BCUT2D eigenvalue weighted by Gasteiger charge is 2.45. The van der Waals surface area contributed by atoms with Gasteiger partial charge in [0.15, 0.2) is 0 Å². The van der Waals surface area contributed by atoms with E-state index in [1.165, 1.54) is 36.1 Å². The fourth-order valence-corrected chi connectivity index (χ4v) is 6.24. The minimum Gasteiger partial charge on any atom is -0.391 e. The standard InChI is InChI=1S/C22H32N2O3S/c25-17-9-12-24(14-17)21(27)22(10-5-6-11-22)15-23-20(26)19-13-16-7-3-1-2-4-8-18(16)28-19/h13,17,25H,1-12,14-15H2,(H,23,26). The summed E-state index contributed by atoms with van der Waals surface area (Å²) in [4.78, 5) is 30.0. The van der Waals surface area contributed by atoms with E-state index in [9.17, 15) is 14.7 Å². The molecule has 1 unspecified atom stereocenters. The summed E-state index contributed by atoms with van der Waals surface area (Å²) in [6, 6.07) is 2.08. The molecule has 4 rings (SSSR count). The van der Waals surface area contributed by atoms with Gasteiger partial charge in [-0.05, 0) is 56.6 Å². The molecule has 2 fully saturated rings. The number of nitrogens with zero attached hydrogens (tertiary/aromatic N) is 1. The average molecular weight is 405 g/mol. The predicted octanol–water partition coefficient (Wildman–Crippen LogP) is 3.29. The van der Waals surface area contributed by atoms with E-state index in [0.29, 0.717) is 26.1 Å². The lowest BCUT2D eigenvalue weighted by molar-refractivity contribution is -0.140. The molecule has 154 valence electrons. The summed E-state index contributed by atoms with van der Waals surface area (Å²) in [5, 5.41) is 12.9. The van der Waals surface area contributed by atoms with Gasteiger partial charge in [0.1, 0.15) is 0 Å². The molecule has 1 aromatic heterocycles. The number of aryl methyl sites for hydroxylation is 2. The van der Waals surface area contributed by atoms with E-state index >= 15 is 0 Å². The monoisotopic (exact) mass is 404 g/mol. The predicted molar refractivity (Wildman–Crippen MR) is 111 cm³/mol. The molecule has 2 N–H and O–H groups in total. The van der Waals surface area contributed by atoms with Gasteiger partial charge in [-0.15, -0.1) is 11.3 Å². The fraction of sp³-hybridized carbons (Fsp3) is 0.727. The van der Waals surface area contributed by atoms with E-state index in [-0.39, 0.29) is 11.8 Å². The number of nitrogens with one attached hydrogen (secondary N) is 1. The van der Waals surface area contributed by atoms with Gasteiger partial charge in [0.2, 0.25) is 5.91 Å². The number of thiophene rings is 1. The molecule has 1 saturated heterocycles. The molecule has 0 bridgehead atoms. The zero-order chi connectivity index (χ0) is 19.6. The van der Waals surface area contributed by atoms with Crippen molar-refractivity contribution in [3.8, 4) is 0 Å². The lowest BCUT2D eigenvalue weighted by Crippen LogP contribution is -2.48. The van der Waals surface area contributed by atoms with Crippen molar-refractivity contribution in [2.75, 3.05) is 19.6 Å². The van der Waals surface area contributed by atoms with Crippen LogP contribution in [-0.2, 0) is 17.6 Å². The molecule has 0 radical (unpaired) electrons. The van der Waals surface area contributed by atoms with Crippen molar-refractivity contribution in [3.63, 3.8) is 0 Å². The molecule has 1 aromatic rings. The molecule has 2 aliphatic carbocycles. The minimum atomic E-state index is -0.481. The van der Waals surface area contributed by atoms with E-state index < -0.39 is 11.5 Å². The molecule has 0 spiro atoms. The molecule has 0 aromatic carbocycles. The van der Waals surface area contributed by atoms with E-state index in [4.69, 9.17) is 0 Å². The van der Waals surface area contributed by atoms with Crippen LogP contribution in [0, 0.1) is 5.41 Å². The summed E-state index contributed by atoms with van der Waals surface area (Å²) >= 11 is 1.64. The van der Waals surface area contributed by atoms with E-state index in [2.05, 4.69) is 11.4 Å². The van der Waals surface area contributed by atoms with Crippen molar-refractivity contribution < 1.29 is 14.7 Å². The molecule has 2 amide bonds. The maximum absolute atomic E-state index is 13.2. The number of aliphatic hydroxyl groups excluding tert-OH is 1. The number of rotatable bonds is 4. The Hall–Kier alpha value is -1.40. The van der Waals surface area contributed by atoms with Gasteiger partial charge in [-0.2, -0.15) is 0 Å². The molecular weight excluding hydrogens is 372 g/mol. The number of carbonyl (C=O) groups excluding carboxylic acids is 2. The Morgan fingerprint density at radius 2 is 1.89 bits per heavy atom. The van der Waals surface area contributed by atoms with Crippen LogP contribution in [0.3, 0.4) is 0 Å². The molecule has 1 atom stereocenters. The van der Waals surface area contributed by atoms with Crippen LogP contribution in [0.2, 0.25) is 0 Å². The van der Waals surface area contributed by atoms with Gasteiger partial charge in [-0.1, -0.05) is 25.7 Å². The van der Waals surface area contributed by atoms with Gasteiger partial charge in [0.25, 0.3) is 5.91 Å². The fourth-order valence-electron chi connectivity index (χ4n) is 5.07. The molecule has 1 aliphatic heterocycles. The Labute approximate surface area is 171 Å². The van der Waals surface area contributed by atoms with Gasteiger partial charge in [0, 0.05) is 24.5 Å². The second-order valence-electron chi connectivity index (χ2n) is 8.84. The van der Waals surface area contributed by atoms with Crippen LogP contribution in [0.5, 0.6) is 0 Å². The van der Waals surface area contributed by atoms with E-state index in [1.54, 1.807) is 16.2 Å². The van der Waals surface area contributed by atoms with Crippen molar-refractivity contribution >= 4 is 23.2 Å². The Balaban J connectivity index is 1.42. The maximum atomic E-state index is 13.2. The summed E-state index contributed by atoms with van der Waals surface area (Å²) in [6.45, 7) is 1.49. The Morgan fingerprint density at radius 3 is 2.61 bits per heavy atom. The topological polar surface area (TPSA) is 69.6 Å². The second kappa shape index (κ2) is 8.54. The number of amides is 2. The first kappa shape index (κ1) is 19.9. The quantitative estimate of drug-likeness (QED) is 0.809. The maximum Gasteiger partial charge on any atom is 0.261 e. The third-order valence-electron chi connectivity index (χ3n) is 6.77. The number of hydrogen-bond acceptors (Lipinski definition) is 4. The highest BCUT2D eigenvalue weighted by Crippen LogP contribution is 2.40. The Morgan fingerprint density at radius 1 is 1.14 bits per heavy atom. The number of β-amino-alcohol motifs (C(OH)–C–C–N with tert-alkyl or cyclic N) is 1. The number of likely N-dealkylation sites (tertiary alicyclic amines) is 1. The molecule has 3 aliphatic rings. The van der Waals surface area contributed by atoms with Gasteiger partial charge in [-0.3, -0.25) is 9.59 Å². The zero-order valence-corrected chi connectivity index (χ0v) is 17.5. The van der Waals surface area contributed by atoms with Gasteiger partial charge in [0.05, 0.1) is 16.4 Å². The number of hydrogen-bond donors (Lipinski definition) is 2. The van der Waals surface area contributed by atoms with Crippen LogP contribution in [0.4, 0.5) is 0 Å². The molecule has 1 saturated carbocycles. The number of carbonyl (C=O) groups is 2. The van der Waals surface area contributed by atoms with Crippen molar-refractivity contribution in [3.05, 3.63) is 21.4 Å². The van der Waals surface area contributed by atoms with Gasteiger partial charge < -0.3 is 15.3 Å². The van der Waals surface area contributed by atoms with Crippen molar-refractivity contribution in [1.29, 1.82) is 0 Å².